The molecule has 0 amide bonds. The summed E-state index contributed by atoms with van der Waals surface area (Å²) in [7, 11) is 0. The standard InChI is InChI=1S/C14H21N5/c1-9(10-5-6-10)16-13-18-11(17-12(15)19-13)7-8-14(2,3)4/h9-10H,5-6H2,1-4H3,(H3,15,16,17,18,19). The lowest BCUT2D eigenvalue weighted by Crippen LogP contribution is -2.20. The largest absolute Gasteiger partial charge is 0.368 e. The molecule has 1 heterocycles. The van der Waals surface area contributed by atoms with Crippen molar-refractivity contribution in [3.63, 3.8) is 0 Å². The van der Waals surface area contributed by atoms with Crippen molar-refractivity contribution in [1.82, 2.24) is 15.0 Å². The molecule has 1 unspecified atom stereocenters. The van der Waals surface area contributed by atoms with E-state index < -0.39 is 0 Å². The lowest BCUT2D eigenvalue weighted by atomic mass is 9.98. The third-order valence-corrected chi connectivity index (χ3v) is 2.89. The molecule has 3 N–H and O–H groups in total. The molecule has 0 aliphatic heterocycles. The van der Waals surface area contributed by atoms with Crippen molar-refractivity contribution in [1.29, 1.82) is 0 Å². The molecule has 19 heavy (non-hydrogen) atoms. The second kappa shape index (κ2) is 5.04. The first-order valence-corrected chi connectivity index (χ1v) is 6.65. The van der Waals surface area contributed by atoms with Gasteiger partial charge in [0, 0.05) is 11.5 Å². The van der Waals surface area contributed by atoms with Crippen LogP contribution in [0.4, 0.5) is 11.9 Å². The van der Waals surface area contributed by atoms with Crippen LogP contribution in [0.1, 0.15) is 46.4 Å². The minimum atomic E-state index is -0.0870. The third kappa shape index (κ3) is 4.40. The fraction of sp³-hybridized carbons (Fsp3) is 0.643. The maximum Gasteiger partial charge on any atom is 0.228 e. The van der Waals surface area contributed by atoms with Crippen molar-refractivity contribution in [3.05, 3.63) is 5.82 Å². The van der Waals surface area contributed by atoms with E-state index in [1.807, 2.05) is 20.8 Å². The van der Waals surface area contributed by atoms with Gasteiger partial charge >= 0.3 is 0 Å². The Bertz CT molecular complexity index is 517. The van der Waals surface area contributed by atoms with Gasteiger partial charge in [-0.15, -0.1) is 0 Å². The zero-order valence-electron chi connectivity index (χ0n) is 12.0. The number of anilines is 2. The molecule has 1 saturated carbocycles. The highest BCUT2D eigenvalue weighted by atomic mass is 15.2. The van der Waals surface area contributed by atoms with Crippen LogP contribution in [0, 0.1) is 23.2 Å². The molecule has 1 atom stereocenters. The predicted molar refractivity (Wildman–Crippen MR) is 76.4 cm³/mol. The van der Waals surface area contributed by atoms with E-state index in [2.05, 4.69) is 39.0 Å². The first-order chi connectivity index (χ1) is 8.83. The van der Waals surface area contributed by atoms with Crippen LogP contribution in [-0.2, 0) is 0 Å². The summed E-state index contributed by atoms with van der Waals surface area (Å²) in [6.07, 6.45) is 2.54. The Labute approximate surface area is 114 Å². The first-order valence-electron chi connectivity index (χ1n) is 6.65. The number of nitrogens with zero attached hydrogens (tertiary/aromatic N) is 3. The highest BCUT2D eigenvalue weighted by Crippen LogP contribution is 2.33. The molecule has 102 valence electrons. The molecule has 5 heteroatoms. The molecule has 0 bridgehead atoms. The van der Waals surface area contributed by atoms with Crippen LogP contribution < -0.4 is 11.1 Å². The quantitative estimate of drug-likeness (QED) is 0.812. The summed E-state index contributed by atoms with van der Waals surface area (Å²) in [5.41, 5.74) is 5.61. The number of hydrogen-bond acceptors (Lipinski definition) is 5. The molecule has 0 radical (unpaired) electrons. The molecule has 1 aromatic rings. The van der Waals surface area contributed by atoms with Crippen LogP contribution in [0.5, 0.6) is 0 Å². The van der Waals surface area contributed by atoms with Crippen LogP contribution >= 0.6 is 0 Å². The molecular formula is C14H21N5. The molecular weight excluding hydrogens is 238 g/mol. The number of aromatic nitrogens is 3. The van der Waals surface area contributed by atoms with Crippen LogP contribution in [0.2, 0.25) is 0 Å². The Kier molecular flexibility index (Phi) is 3.61. The Morgan fingerprint density at radius 1 is 1.26 bits per heavy atom. The van der Waals surface area contributed by atoms with Gasteiger partial charge in [0.2, 0.25) is 17.7 Å². The lowest BCUT2D eigenvalue weighted by molar-refractivity contribution is 0.570. The number of nitrogens with two attached hydrogens (primary N) is 1. The molecule has 5 nitrogen and oxygen atoms in total. The van der Waals surface area contributed by atoms with E-state index in [9.17, 15) is 0 Å². The van der Waals surface area contributed by atoms with Crippen molar-refractivity contribution in [2.45, 2.75) is 46.6 Å². The molecule has 0 aromatic carbocycles. The summed E-state index contributed by atoms with van der Waals surface area (Å²) in [5, 5.41) is 3.27. The van der Waals surface area contributed by atoms with Crippen molar-refractivity contribution in [3.8, 4) is 11.8 Å². The smallest absolute Gasteiger partial charge is 0.228 e. The van der Waals surface area contributed by atoms with E-state index in [0.29, 0.717) is 17.8 Å². The summed E-state index contributed by atoms with van der Waals surface area (Å²) in [6, 6.07) is 0.366. The number of nitrogen functional groups attached to an aromatic ring is 1. The van der Waals surface area contributed by atoms with E-state index in [1.165, 1.54) is 12.8 Å². The van der Waals surface area contributed by atoms with Crippen molar-refractivity contribution >= 4 is 11.9 Å². The third-order valence-electron chi connectivity index (χ3n) is 2.89. The Balaban J connectivity index is 2.16. The van der Waals surface area contributed by atoms with Crippen molar-refractivity contribution in [2.75, 3.05) is 11.1 Å². The molecule has 1 aromatic heterocycles. The van der Waals surface area contributed by atoms with Gasteiger partial charge in [-0.25, -0.2) is 0 Å². The molecule has 1 aliphatic rings. The number of rotatable bonds is 3. The Hall–Kier alpha value is -1.83. The van der Waals surface area contributed by atoms with Crippen molar-refractivity contribution < 1.29 is 0 Å². The van der Waals surface area contributed by atoms with Gasteiger partial charge in [0.1, 0.15) is 0 Å². The fourth-order valence-electron chi connectivity index (χ4n) is 1.67. The number of nitrogens with one attached hydrogen (secondary N) is 1. The summed E-state index contributed by atoms with van der Waals surface area (Å²) in [5.74, 6) is 7.92. The van der Waals surface area contributed by atoms with Gasteiger partial charge in [-0.3, -0.25) is 0 Å². The monoisotopic (exact) mass is 259 g/mol. The first kappa shape index (κ1) is 13.6. The summed E-state index contributed by atoms with van der Waals surface area (Å²) >= 11 is 0. The average molecular weight is 259 g/mol. The van der Waals surface area contributed by atoms with Gasteiger partial charge in [0.15, 0.2) is 0 Å². The molecule has 2 rings (SSSR count). The topological polar surface area (TPSA) is 76.7 Å². The normalized spacial score (nSPS) is 16.4. The van der Waals surface area contributed by atoms with Gasteiger partial charge in [0.05, 0.1) is 0 Å². The Morgan fingerprint density at radius 3 is 2.53 bits per heavy atom. The van der Waals surface area contributed by atoms with Crippen LogP contribution in [0.25, 0.3) is 0 Å². The van der Waals surface area contributed by atoms with E-state index in [-0.39, 0.29) is 11.4 Å². The zero-order valence-corrected chi connectivity index (χ0v) is 12.0. The van der Waals surface area contributed by atoms with Crippen molar-refractivity contribution in [2.24, 2.45) is 11.3 Å². The molecule has 0 spiro atoms. The summed E-state index contributed by atoms with van der Waals surface area (Å²) in [6.45, 7) is 8.26. The van der Waals surface area contributed by atoms with E-state index in [0.717, 1.165) is 5.92 Å². The van der Waals surface area contributed by atoms with Gasteiger partial charge in [0.25, 0.3) is 0 Å². The summed E-state index contributed by atoms with van der Waals surface area (Å²) in [4.78, 5) is 12.5. The minimum Gasteiger partial charge on any atom is -0.368 e. The van der Waals surface area contributed by atoms with E-state index in [4.69, 9.17) is 5.73 Å². The minimum absolute atomic E-state index is 0.0870. The molecule has 1 aliphatic carbocycles. The van der Waals surface area contributed by atoms with Gasteiger partial charge in [-0.1, -0.05) is 5.92 Å². The average Bonchev–Trinajstić information content (AvgIpc) is 3.08. The SMILES string of the molecule is CC(Nc1nc(N)nc(C#CC(C)(C)C)n1)C1CC1. The van der Waals surface area contributed by atoms with Gasteiger partial charge < -0.3 is 11.1 Å². The zero-order chi connectivity index (χ0) is 14.0. The van der Waals surface area contributed by atoms with Crippen LogP contribution in [-0.4, -0.2) is 21.0 Å². The maximum absolute atomic E-state index is 5.70. The maximum atomic E-state index is 5.70. The fourth-order valence-corrected chi connectivity index (χ4v) is 1.67. The second-order valence-corrected chi connectivity index (χ2v) is 6.11. The lowest BCUT2D eigenvalue weighted by Gasteiger charge is -2.12. The number of hydrogen-bond donors (Lipinski definition) is 2. The highest BCUT2D eigenvalue weighted by molar-refractivity contribution is 5.37. The molecule has 1 fully saturated rings. The van der Waals surface area contributed by atoms with Crippen LogP contribution in [0.15, 0.2) is 0 Å². The van der Waals surface area contributed by atoms with E-state index >= 15 is 0 Å². The van der Waals surface area contributed by atoms with Crippen LogP contribution in [0.3, 0.4) is 0 Å². The predicted octanol–water partition coefficient (Wildman–Crippen LogP) is 2.06. The molecule has 0 saturated heterocycles. The van der Waals surface area contributed by atoms with Gasteiger partial charge in [-0.05, 0) is 52.4 Å². The van der Waals surface area contributed by atoms with E-state index in [1.54, 1.807) is 0 Å². The second-order valence-electron chi connectivity index (χ2n) is 6.11. The summed E-state index contributed by atoms with van der Waals surface area (Å²) < 4.78 is 0. The highest BCUT2D eigenvalue weighted by Gasteiger charge is 2.28. The van der Waals surface area contributed by atoms with Gasteiger partial charge in [-0.2, -0.15) is 15.0 Å². The Morgan fingerprint density at radius 2 is 1.95 bits per heavy atom.